The Morgan fingerprint density at radius 3 is 1.83 bits per heavy atom. The number of hydrogen-bond donors (Lipinski definition) is 2. The fraction of sp³-hybridized carbons (Fsp3) is 0.222. The number of aliphatic hydroxyl groups excluding tert-OH is 1. The van der Waals surface area contributed by atoms with Crippen LogP contribution in [0.25, 0.3) is 0 Å². The van der Waals surface area contributed by atoms with E-state index in [1.165, 1.54) is 6.08 Å². The van der Waals surface area contributed by atoms with E-state index in [4.69, 9.17) is 10.8 Å². The van der Waals surface area contributed by atoms with Gasteiger partial charge in [-0.3, -0.25) is 4.79 Å². The highest BCUT2D eigenvalue weighted by Gasteiger charge is 2.03. The van der Waals surface area contributed by atoms with Gasteiger partial charge in [-0.05, 0) is 6.08 Å². The van der Waals surface area contributed by atoms with Gasteiger partial charge >= 0.3 is 0 Å². The first-order valence-electron chi connectivity index (χ1n) is 3.61. The van der Waals surface area contributed by atoms with Gasteiger partial charge in [0.2, 0.25) is 0 Å². The molecule has 3 heteroatoms. The van der Waals surface area contributed by atoms with E-state index in [0.29, 0.717) is 0 Å². The van der Waals surface area contributed by atoms with Crippen LogP contribution >= 0.6 is 0 Å². The third kappa shape index (κ3) is 4.33. The number of hydrogen-bond acceptors (Lipinski definition) is 2. The van der Waals surface area contributed by atoms with Gasteiger partial charge in [0.25, 0.3) is 5.91 Å². The Labute approximate surface area is 72.9 Å². The van der Waals surface area contributed by atoms with Crippen LogP contribution in [0.5, 0.6) is 0 Å². The molecule has 3 N–H and O–H groups in total. The molecule has 0 saturated carbocycles. The van der Waals surface area contributed by atoms with Gasteiger partial charge < -0.3 is 10.8 Å². The van der Waals surface area contributed by atoms with Crippen LogP contribution in [0, 0.1) is 0 Å². The van der Waals surface area contributed by atoms with Gasteiger partial charge in [-0.2, -0.15) is 0 Å². The maximum atomic E-state index is 10.4. The fourth-order valence-corrected chi connectivity index (χ4v) is 0.441. The molecule has 0 radical (unpaired) electrons. The molecule has 0 fully saturated rings. The number of carbonyl (C=O) groups excluding carboxylic acids is 1. The number of amides is 1. The minimum Gasteiger partial charge on any atom is -0.507 e. The zero-order valence-corrected chi connectivity index (χ0v) is 7.50. The summed E-state index contributed by atoms with van der Waals surface area (Å²) < 4.78 is 0. The highest BCUT2D eigenvalue weighted by Crippen LogP contribution is 2.01. The second-order valence-corrected chi connectivity index (χ2v) is 1.57. The smallest absolute Gasteiger partial charge is 0.252 e. The van der Waals surface area contributed by atoms with Crippen LogP contribution in [0.2, 0.25) is 0 Å². The SMILES string of the molecule is C=C/C(O)=C(\C=C)C(N)=O.CC. The molecular formula is C9H15NO2. The minimum absolute atomic E-state index is 0.0185. The van der Waals surface area contributed by atoms with Crippen molar-refractivity contribution in [2.75, 3.05) is 0 Å². The van der Waals surface area contributed by atoms with Crippen molar-refractivity contribution in [3.05, 3.63) is 36.6 Å². The van der Waals surface area contributed by atoms with Gasteiger partial charge in [-0.1, -0.05) is 33.1 Å². The quantitative estimate of drug-likeness (QED) is 0.383. The summed E-state index contributed by atoms with van der Waals surface area (Å²) in [5, 5.41) is 8.88. The van der Waals surface area contributed by atoms with E-state index in [-0.39, 0.29) is 11.3 Å². The second kappa shape index (κ2) is 7.60. The standard InChI is InChI=1S/C7H9NO2.C2H6/c1-3-5(7(8)10)6(9)4-2;1-2/h3-4,9H,1-2H2,(H2,8,10);1-2H3/b6-5-;. The Bertz CT molecular complexity index is 205. The van der Waals surface area contributed by atoms with Gasteiger partial charge in [-0.15, -0.1) is 0 Å². The van der Waals surface area contributed by atoms with Crippen LogP contribution in [0.4, 0.5) is 0 Å². The predicted molar refractivity (Wildman–Crippen MR) is 50.6 cm³/mol. The maximum Gasteiger partial charge on any atom is 0.252 e. The van der Waals surface area contributed by atoms with Gasteiger partial charge in [0.1, 0.15) is 5.76 Å². The lowest BCUT2D eigenvalue weighted by atomic mass is 10.2. The number of allylic oxidation sites excluding steroid dienone is 1. The molecule has 0 aliphatic heterocycles. The normalized spacial score (nSPS) is 10.2. The van der Waals surface area contributed by atoms with Crippen molar-refractivity contribution in [2.24, 2.45) is 5.73 Å². The van der Waals surface area contributed by atoms with E-state index >= 15 is 0 Å². The third-order valence-corrected chi connectivity index (χ3v) is 0.939. The molecule has 0 aliphatic carbocycles. The van der Waals surface area contributed by atoms with Crippen molar-refractivity contribution in [1.29, 1.82) is 0 Å². The molecule has 0 aromatic rings. The molecule has 0 bridgehead atoms. The summed E-state index contributed by atoms with van der Waals surface area (Å²) >= 11 is 0. The van der Waals surface area contributed by atoms with E-state index in [1.54, 1.807) is 0 Å². The molecule has 0 saturated heterocycles. The number of nitrogens with two attached hydrogens (primary N) is 1. The summed E-state index contributed by atoms with van der Waals surface area (Å²) in [6.07, 6.45) is 2.31. The Morgan fingerprint density at radius 2 is 1.75 bits per heavy atom. The number of carbonyl (C=O) groups is 1. The molecule has 0 spiro atoms. The average Bonchev–Trinajstić information content (AvgIpc) is 2.08. The van der Waals surface area contributed by atoms with Gasteiger partial charge in [-0.25, -0.2) is 0 Å². The first kappa shape index (κ1) is 13.1. The lowest BCUT2D eigenvalue weighted by Crippen LogP contribution is -2.13. The summed E-state index contributed by atoms with van der Waals surface area (Å²) in [5.41, 5.74) is 4.83. The zero-order chi connectivity index (χ0) is 10.1. The monoisotopic (exact) mass is 169 g/mol. The Balaban J connectivity index is 0. The maximum absolute atomic E-state index is 10.4. The van der Waals surface area contributed by atoms with Crippen molar-refractivity contribution in [1.82, 2.24) is 0 Å². The molecule has 0 aromatic heterocycles. The van der Waals surface area contributed by atoms with Crippen molar-refractivity contribution in [2.45, 2.75) is 13.8 Å². The van der Waals surface area contributed by atoms with E-state index < -0.39 is 5.91 Å². The average molecular weight is 169 g/mol. The first-order chi connectivity index (χ1) is 5.63. The third-order valence-electron chi connectivity index (χ3n) is 0.939. The largest absolute Gasteiger partial charge is 0.507 e. The van der Waals surface area contributed by atoms with Crippen LogP contribution in [-0.2, 0) is 4.79 Å². The number of rotatable bonds is 3. The van der Waals surface area contributed by atoms with Gasteiger partial charge in [0, 0.05) is 0 Å². The fourth-order valence-electron chi connectivity index (χ4n) is 0.441. The molecule has 0 rings (SSSR count). The van der Waals surface area contributed by atoms with Crippen molar-refractivity contribution in [3.63, 3.8) is 0 Å². The summed E-state index contributed by atoms with van der Waals surface area (Å²) in [6.45, 7) is 10.5. The van der Waals surface area contributed by atoms with Crippen molar-refractivity contribution < 1.29 is 9.90 Å². The molecule has 1 amide bonds. The first-order valence-corrected chi connectivity index (χ1v) is 3.61. The van der Waals surface area contributed by atoms with Crippen LogP contribution in [-0.4, -0.2) is 11.0 Å². The van der Waals surface area contributed by atoms with E-state index in [9.17, 15) is 4.79 Å². The molecule has 0 unspecified atom stereocenters. The van der Waals surface area contributed by atoms with E-state index in [1.807, 2.05) is 13.8 Å². The van der Waals surface area contributed by atoms with Crippen molar-refractivity contribution >= 4 is 5.91 Å². The number of aliphatic hydroxyl groups is 1. The second-order valence-electron chi connectivity index (χ2n) is 1.57. The molecule has 12 heavy (non-hydrogen) atoms. The Morgan fingerprint density at radius 1 is 1.33 bits per heavy atom. The molecular weight excluding hydrogens is 154 g/mol. The molecule has 0 aromatic carbocycles. The van der Waals surface area contributed by atoms with Gasteiger partial charge in [0.05, 0.1) is 5.57 Å². The summed E-state index contributed by atoms with van der Waals surface area (Å²) in [5.74, 6) is -0.963. The van der Waals surface area contributed by atoms with Crippen LogP contribution in [0.1, 0.15) is 13.8 Å². The topological polar surface area (TPSA) is 63.3 Å². The van der Waals surface area contributed by atoms with Crippen LogP contribution < -0.4 is 5.73 Å². The molecule has 0 aliphatic rings. The zero-order valence-electron chi connectivity index (χ0n) is 7.50. The van der Waals surface area contributed by atoms with Gasteiger partial charge in [0.15, 0.2) is 0 Å². The summed E-state index contributed by atoms with van der Waals surface area (Å²) in [7, 11) is 0. The molecule has 0 atom stereocenters. The van der Waals surface area contributed by atoms with Crippen LogP contribution in [0.15, 0.2) is 36.6 Å². The number of primary amides is 1. The Kier molecular flexibility index (Phi) is 8.30. The van der Waals surface area contributed by atoms with Crippen LogP contribution in [0.3, 0.4) is 0 Å². The molecule has 0 heterocycles. The minimum atomic E-state index is -0.715. The van der Waals surface area contributed by atoms with E-state index in [0.717, 1.165) is 6.08 Å². The van der Waals surface area contributed by atoms with E-state index in [2.05, 4.69) is 13.2 Å². The summed E-state index contributed by atoms with van der Waals surface area (Å²) in [6, 6.07) is 0. The highest BCUT2D eigenvalue weighted by molar-refractivity contribution is 5.95. The summed E-state index contributed by atoms with van der Waals surface area (Å²) in [4.78, 5) is 10.4. The Hall–Kier alpha value is -1.51. The lowest BCUT2D eigenvalue weighted by molar-refractivity contribution is -0.114. The molecule has 68 valence electrons. The van der Waals surface area contributed by atoms with Crippen molar-refractivity contribution in [3.8, 4) is 0 Å². The highest BCUT2D eigenvalue weighted by atomic mass is 16.3. The molecule has 3 nitrogen and oxygen atoms in total. The predicted octanol–water partition coefficient (Wildman–Crippen LogP) is 1.68. The lowest BCUT2D eigenvalue weighted by Gasteiger charge is -1.95.